The summed E-state index contributed by atoms with van der Waals surface area (Å²) in [6.07, 6.45) is 2.72. The molecular weight excluding hydrogens is 558 g/mol. The van der Waals surface area contributed by atoms with Gasteiger partial charge in [0.2, 0.25) is 5.91 Å². The molecule has 2 heterocycles. The van der Waals surface area contributed by atoms with E-state index in [2.05, 4.69) is 20.8 Å². The molecule has 0 atom stereocenters. The monoisotopic (exact) mass is 589 g/mol. The first-order chi connectivity index (χ1) is 19.8. The van der Waals surface area contributed by atoms with E-state index in [-0.39, 0.29) is 30.7 Å². The van der Waals surface area contributed by atoms with Crippen LogP contribution >= 0.6 is 23.1 Å². The number of fused-ring (bicyclic) bond motifs is 1. The molecule has 2 amide bonds. The van der Waals surface area contributed by atoms with Crippen molar-refractivity contribution in [3.8, 4) is 5.69 Å². The van der Waals surface area contributed by atoms with Crippen molar-refractivity contribution in [2.75, 3.05) is 17.7 Å². The Labute approximate surface area is 246 Å². The van der Waals surface area contributed by atoms with Crippen LogP contribution in [0.4, 0.5) is 5.00 Å². The van der Waals surface area contributed by atoms with Gasteiger partial charge in [0.1, 0.15) is 5.00 Å². The summed E-state index contributed by atoms with van der Waals surface area (Å²) in [7, 11) is 0. The van der Waals surface area contributed by atoms with E-state index in [4.69, 9.17) is 4.74 Å². The van der Waals surface area contributed by atoms with Gasteiger partial charge in [-0.3, -0.25) is 14.2 Å². The van der Waals surface area contributed by atoms with Crippen molar-refractivity contribution in [1.82, 2.24) is 20.1 Å². The molecule has 212 valence electrons. The average molecular weight is 590 g/mol. The maximum Gasteiger partial charge on any atom is 0.341 e. The van der Waals surface area contributed by atoms with E-state index in [1.54, 1.807) is 13.0 Å². The molecule has 9 nitrogen and oxygen atoms in total. The van der Waals surface area contributed by atoms with Gasteiger partial charge >= 0.3 is 5.97 Å². The molecular formula is C30H31N5O4S2. The van der Waals surface area contributed by atoms with Crippen molar-refractivity contribution < 1.29 is 19.1 Å². The highest BCUT2D eigenvalue weighted by Crippen LogP contribution is 2.39. The number of amides is 2. The molecule has 0 saturated carbocycles. The number of aromatic nitrogens is 3. The SMILES string of the molecule is CCOC(=O)c1c(NC(=O)CSc2nnc(CNC(=O)c3cccc(C)c3)n2-c2cccc(C)c2)sc2c1CCC2. The van der Waals surface area contributed by atoms with Gasteiger partial charge in [0.15, 0.2) is 11.0 Å². The van der Waals surface area contributed by atoms with Crippen LogP contribution in [0.2, 0.25) is 0 Å². The molecule has 41 heavy (non-hydrogen) atoms. The summed E-state index contributed by atoms with van der Waals surface area (Å²) < 4.78 is 7.13. The fourth-order valence-electron chi connectivity index (χ4n) is 4.79. The number of hydrogen-bond acceptors (Lipinski definition) is 8. The smallest absolute Gasteiger partial charge is 0.341 e. The van der Waals surface area contributed by atoms with Crippen molar-refractivity contribution in [3.05, 3.63) is 87.0 Å². The molecule has 2 N–H and O–H groups in total. The number of benzene rings is 2. The van der Waals surface area contributed by atoms with Crippen LogP contribution in [0.3, 0.4) is 0 Å². The second kappa shape index (κ2) is 12.7. The van der Waals surface area contributed by atoms with Gasteiger partial charge in [0, 0.05) is 16.1 Å². The van der Waals surface area contributed by atoms with Gasteiger partial charge in [-0.25, -0.2) is 4.79 Å². The summed E-state index contributed by atoms with van der Waals surface area (Å²) in [4.78, 5) is 39.6. The molecule has 1 aliphatic carbocycles. The lowest BCUT2D eigenvalue weighted by atomic mass is 10.1. The van der Waals surface area contributed by atoms with Gasteiger partial charge in [-0.15, -0.1) is 21.5 Å². The predicted octanol–water partition coefficient (Wildman–Crippen LogP) is 5.27. The zero-order chi connectivity index (χ0) is 28.9. The summed E-state index contributed by atoms with van der Waals surface area (Å²) in [5, 5.41) is 15.6. The zero-order valence-electron chi connectivity index (χ0n) is 23.2. The molecule has 1 aliphatic rings. The fraction of sp³-hybridized carbons (Fsp3) is 0.300. The van der Waals surface area contributed by atoms with Crippen LogP contribution in [0.15, 0.2) is 53.7 Å². The maximum atomic E-state index is 13.1. The Kier molecular flexibility index (Phi) is 8.84. The largest absolute Gasteiger partial charge is 0.462 e. The van der Waals surface area contributed by atoms with Crippen LogP contribution < -0.4 is 10.6 Å². The third-order valence-corrected chi connectivity index (χ3v) is 8.77. The quantitative estimate of drug-likeness (QED) is 0.191. The number of carbonyl (C=O) groups excluding carboxylic acids is 3. The summed E-state index contributed by atoms with van der Waals surface area (Å²) in [5.41, 5.74) is 4.93. The minimum absolute atomic E-state index is 0.0600. The standard InChI is InChI=1S/C30H31N5O4S2/c1-4-39-29(38)26-22-12-7-13-23(22)41-28(26)32-25(36)17-40-30-34-33-24(35(30)21-11-6-9-19(3)15-21)16-31-27(37)20-10-5-8-18(2)14-20/h5-6,8-11,14-15H,4,7,12-13,16-17H2,1-3H3,(H,31,37)(H,32,36). The number of carbonyl (C=O) groups is 3. The average Bonchev–Trinajstić information content (AvgIpc) is 3.65. The molecule has 0 radical (unpaired) electrons. The van der Waals surface area contributed by atoms with Crippen LogP contribution in [0.5, 0.6) is 0 Å². The Hall–Kier alpha value is -3.96. The molecule has 5 rings (SSSR count). The van der Waals surface area contributed by atoms with Gasteiger partial charge in [0.25, 0.3) is 5.91 Å². The molecule has 2 aromatic carbocycles. The number of thioether (sulfide) groups is 1. The summed E-state index contributed by atoms with van der Waals surface area (Å²) in [6.45, 7) is 6.13. The zero-order valence-corrected chi connectivity index (χ0v) is 24.8. The lowest BCUT2D eigenvalue weighted by Crippen LogP contribution is -2.24. The second-order valence-corrected chi connectivity index (χ2v) is 11.8. The van der Waals surface area contributed by atoms with Gasteiger partial charge < -0.3 is 15.4 Å². The molecule has 0 spiro atoms. The third-order valence-electron chi connectivity index (χ3n) is 6.63. The molecule has 0 saturated heterocycles. The Morgan fingerprint density at radius 1 is 1.05 bits per heavy atom. The second-order valence-electron chi connectivity index (χ2n) is 9.74. The number of rotatable bonds is 10. The Bertz CT molecular complexity index is 1610. The van der Waals surface area contributed by atoms with Crippen LogP contribution in [0, 0.1) is 13.8 Å². The van der Waals surface area contributed by atoms with Crippen LogP contribution in [-0.2, 0) is 28.9 Å². The van der Waals surface area contributed by atoms with E-state index in [0.29, 0.717) is 27.1 Å². The van der Waals surface area contributed by atoms with E-state index in [1.807, 2.05) is 60.9 Å². The summed E-state index contributed by atoms with van der Waals surface area (Å²) in [5.74, 6) is -0.259. The molecule has 11 heteroatoms. The number of nitrogens with zero attached hydrogens (tertiary/aromatic N) is 3. The van der Waals surface area contributed by atoms with Crippen molar-refractivity contribution in [2.45, 2.75) is 51.7 Å². The first-order valence-electron chi connectivity index (χ1n) is 13.4. The number of aryl methyl sites for hydroxylation is 3. The Morgan fingerprint density at radius 2 is 1.83 bits per heavy atom. The molecule has 0 bridgehead atoms. The molecule has 0 unspecified atom stereocenters. The number of hydrogen-bond donors (Lipinski definition) is 2. The molecule has 2 aromatic heterocycles. The van der Waals surface area contributed by atoms with Gasteiger partial charge in [-0.1, -0.05) is 41.6 Å². The van der Waals surface area contributed by atoms with Crippen molar-refractivity contribution >= 4 is 45.9 Å². The van der Waals surface area contributed by atoms with Crippen LogP contribution in [0.1, 0.15) is 61.5 Å². The highest BCUT2D eigenvalue weighted by atomic mass is 32.2. The topological polar surface area (TPSA) is 115 Å². The first-order valence-corrected chi connectivity index (χ1v) is 15.2. The van der Waals surface area contributed by atoms with E-state index < -0.39 is 5.97 Å². The lowest BCUT2D eigenvalue weighted by molar-refractivity contribution is -0.113. The predicted molar refractivity (Wildman–Crippen MR) is 160 cm³/mol. The Morgan fingerprint density at radius 3 is 2.59 bits per heavy atom. The third kappa shape index (κ3) is 6.52. The number of nitrogens with one attached hydrogen (secondary N) is 2. The lowest BCUT2D eigenvalue weighted by Gasteiger charge is -2.12. The molecule has 0 fully saturated rings. The van der Waals surface area contributed by atoms with E-state index in [0.717, 1.165) is 46.5 Å². The van der Waals surface area contributed by atoms with E-state index >= 15 is 0 Å². The Balaban J connectivity index is 1.32. The highest BCUT2D eigenvalue weighted by molar-refractivity contribution is 7.99. The fourth-order valence-corrected chi connectivity index (χ4v) is 6.85. The minimum Gasteiger partial charge on any atom is -0.462 e. The summed E-state index contributed by atoms with van der Waals surface area (Å²) >= 11 is 2.69. The maximum absolute atomic E-state index is 13.1. The summed E-state index contributed by atoms with van der Waals surface area (Å²) in [6, 6.07) is 15.2. The van der Waals surface area contributed by atoms with Crippen LogP contribution in [0.25, 0.3) is 5.69 Å². The van der Waals surface area contributed by atoms with Gasteiger partial charge in [0.05, 0.1) is 24.5 Å². The minimum atomic E-state index is -0.397. The first kappa shape index (κ1) is 28.6. The van der Waals surface area contributed by atoms with E-state index in [1.165, 1.54) is 23.1 Å². The van der Waals surface area contributed by atoms with E-state index in [9.17, 15) is 14.4 Å². The number of thiophene rings is 1. The van der Waals surface area contributed by atoms with Crippen LogP contribution in [-0.4, -0.2) is 44.9 Å². The number of ether oxygens (including phenoxy) is 1. The molecule has 4 aromatic rings. The number of anilines is 1. The van der Waals surface area contributed by atoms with Crippen molar-refractivity contribution in [1.29, 1.82) is 0 Å². The van der Waals surface area contributed by atoms with Crippen molar-refractivity contribution in [2.24, 2.45) is 0 Å². The highest BCUT2D eigenvalue weighted by Gasteiger charge is 2.28. The van der Waals surface area contributed by atoms with Crippen molar-refractivity contribution in [3.63, 3.8) is 0 Å². The van der Waals surface area contributed by atoms with Gasteiger partial charge in [-0.05, 0) is 75.4 Å². The van der Waals surface area contributed by atoms with Gasteiger partial charge in [-0.2, -0.15) is 0 Å². The normalized spacial score (nSPS) is 12.2. The number of esters is 1. The molecule has 0 aliphatic heterocycles.